The van der Waals surface area contributed by atoms with E-state index in [0.29, 0.717) is 13.1 Å². The maximum atomic E-state index is 13.3. The van der Waals surface area contributed by atoms with Crippen LogP contribution in [0, 0.1) is 5.82 Å². The van der Waals surface area contributed by atoms with Gasteiger partial charge in [0.2, 0.25) is 11.8 Å². The van der Waals surface area contributed by atoms with Crippen LogP contribution < -0.4 is 10.6 Å². The van der Waals surface area contributed by atoms with Gasteiger partial charge in [0.25, 0.3) is 0 Å². The van der Waals surface area contributed by atoms with Crippen LogP contribution in [0.5, 0.6) is 0 Å². The van der Waals surface area contributed by atoms with Crippen molar-refractivity contribution in [2.24, 2.45) is 0 Å². The van der Waals surface area contributed by atoms with Crippen LogP contribution in [-0.2, 0) is 16.1 Å². The third-order valence-corrected chi connectivity index (χ3v) is 6.37. The molecule has 0 radical (unpaired) electrons. The molecule has 3 rings (SSSR count). The van der Waals surface area contributed by atoms with Crippen LogP contribution in [0.4, 0.5) is 4.39 Å². The van der Waals surface area contributed by atoms with Gasteiger partial charge in [0.15, 0.2) is 0 Å². The molecule has 0 aliphatic heterocycles. The molecule has 2 aromatic heterocycles. The highest BCUT2D eigenvalue weighted by molar-refractivity contribution is 7.10. The minimum Gasteiger partial charge on any atom is -0.350 e. The van der Waals surface area contributed by atoms with Crippen LogP contribution in [0.3, 0.4) is 0 Å². The summed E-state index contributed by atoms with van der Waals surface area (Å²) in [7, 11) is 0. The van der Waals surface area contributed by atoms with Crippen LogP contribution in [0.2, 0.25) is 0 Å². The lowest BCUT2D eigenvalue weighted by Crippen LogP contribution is -2.43. The second-order valence-electron chi connectivity index (χ2n) is 6.73. The first kappa shape index (κ1) is 22.1. The van der Waals surface area contributed by atoms with Crippen LogP contribution in [0.15, 0.2) is 59.3 Å². The summed E-state index contributed by atoms with van der Waals surface area (Å²) >= 11 is 3.12. The summed E-state index contributed by atoms with van der Waals surface area (Å²) in [6.45, 7) is 3.23. The lowest BCUT2D eigenvalue weighted by Gasteiger charge is -2.22. The van der Waals surface area contributed by atoms with E-state index in [1.807, 2.05) is 41.9 Å². The Morgan fingerprint density at radius 3 is 2.33 bits per heavy atom. The van der Waals surface area contributed by atoms with E-state index in [0.717, 1.165) is 15.3 Å². The molecule has 8 heteroatoms. The van der Waals surface area contributed by atoms with Gasteiger partial charge < -0.3 is 10.6 Å². The van der Waals surface area contributed by atoms with Crippen LogP contribution in [-0.4, -0.2) is 36.3 Å². The molecule has 0 saturated heterocycles. The molecular formula is C22H24FN3O2S2. The number of rotatable bonds is 10. The quantitative estimate of drug-likeness (QED) is 0.499. The number of likely N-dealkylation sites (N-methyl/N-ethyl adjacent to an activating group) is 1. The predicted molar refractivity (Wildman–Crippen MR) is 119 cm³/mol. The average Bonchev–Trinajstić information content (AvgIpc) is 3.45. The second kappa shape index (κ2) is 11.0. The van der Waals surface area contributed by atoms with Crippen molar-refractivity contribution in [1.82, 2.24) is 15.5 Å². The highest BCUT2D eigenvalue weighted by Gasteiger charge is 2.20. The first-order chi connectivity index (χ1) is 14.5. The number of halogens is 1. The van der Waals surface area contributed by atoms with Gasteiger partial charge in [-0.3, -0.25) is 14.5 Å². The lowest BCUT2D eigenvalue weighted by molar-refractivity contribution is -0.125. The summed E-state index contributed by atoms with van der Waals surface area (Å²) in [6, 6.07) is 13.5. The summed E-state index contributed by atoms with van der Waals surface area (Å²) in [5.41, 5.74) is 0.809. The SMILES string of the molecule is CCN(CC(=O)NCc1cccs1)CC(=O)NC(c1ccc(F)cc1)c1cccs1. The van der Waals surface area contributed by atoms with Gasteiger partial charge in [-0.1, -0.05) is 31.2 Å². The maximum absolute atomic E-state index is 13.3. The van der Waals surface area contributed by atoms with E-state index in [9.17, 15) is 14.0 Å². The minimum atomic E-state index is -0.357. The molecule has 0 fully saturated rings. The smallest absolute Gasteiger partial charge is 0.234 e. The van der Waals surface area contributed by atoms with E-state index in [-0.39, 0.29) is 36.8 Å². The van der Waals surface area contributed by atoms with E-state index in [1.165, 1.54) is 23.5 Å². The van der Waals surface area contributed by atoms with Gasteiger partial charge >= 0.3 is 0 Å². The molecule has 2 heterocycles. The number of carbonyl (C=O) groups excluding carboxylic acids is 2. The summed E-state index contributed by atoms with van der Waals surface area (Å²) in [4.78, 5) is 28.8. The molecule has 158 valence electrons. The van der Waals surface area contributed by atoms with Crippen molar-refractivity contribution in [3.8, 4) is 0 Å². The molecule has 1 atom stereocenters. The molecule has 0 bridgehead atoms. The molecule has 2 N–H and O–H groups in total. The van der Waals surface area contributed by atoms with E-state index in [2.05, 4.69) is 10.6 Å². The van der Waals surface area contributed by atoms with Crippen molar-refractivity contribution >= 4 is 34.5 Å². The molecule has 3 aromatic rings. The molecule has 0 aliphatic carbocycles. The predicted octanol–water partition coefficient (Wildman–Crippen LogP) is 3.79. The molecule has 0 aliphatic rings. The van der Waals surface area contributed by atoms with Crippen molar-refractivity contribution in [1.29, 1.82) is 0 Å². The van der Waals surface area contributed by atoms with Crippen molar-refractivity contribution in [3.05, 3.63) is 80.4 Å². The zero-order chi connectivity index (χ0) is 21.3. The van der Waals surface area contributed by atoms with E-state index < -0.39 is 0 Å². The normalized spacial score (nSPS) is 12.0. The Balaban J connectivity index is 1.57. The molecule has 2 amide bonds. The first-order valence-electron chi connectivity index (χ1n) is 9.64. The topological polar surface area (TPSA) is 61.4 Å². The third kappa shape index (κ3) is 6.48. The Hall–Kier alpha value is -2.55. The first-order valence-corrected chi connectivity index (χ1v) is 11.4. The number of hydrogen-bond donors (Lipinski definition) is 2. The van der Waals surface area contributed by atoms with Gasteiger partial charge in [0, 0.05) is 9.75 Å². The monoisotopic (exact) mass is 445 g/mol. The Kier molecular flexibility index (Phi) is 8.12. The maximum Gasteiger partial charge on any atom is 0.234 e. The Labute approximate surface area is 183 Å². The largest absolute Gasteiger partial charge is 0.350 e. The molecule has 5 nitrogen and oxygen atoms in total. The Morgan fingerprint density at radius 1 is 1.00 bits per heavy atom. The highest BCUT2D eigenvalue weighted by atomic mass is 32.1. The van der Waals surface area contributed by atoms with Crippen molar-refractivity contribution < 1.29 is 14.0 Å². The zero-order valence-corrected chi connectivity index (χ0v) is 18.3. The Bertz CT molecular complexity index is 928. The lowest BCUT2D eigenvalue weighted by atomic mass is 10.1. The van der Waals surface area contributed by atoms with Gasteiger partial charge in [0.1, 0.15) is 5.82 Å². The summed E-state index contributed by atoms with van der Waals surface area (Å²) in [5, 5.41) is 9.81. The molecule has 0 saturated carbocycles. The number of benzene rings is 1. The fourth-order valence-corrected chi connectivity index (χ4v) is 4.42. The van der Waals surface area contributed by atoms with Crippen molar-refractivity contribution in [2.45, 2.75) is 19.5 Å². The standard InChI is InChI=1S/C22H24FN3O2S2/c1-2-26(14-20(27)24-13-18-5-3-11-29-18)15-21(28)25-22(19-6-4-12-30-19)16-7-9-17(23)10-8-16/h3-12,22H,2,13-15H2,1H3,(H,24,27)(H,25,28). The number of nitrogens with zero attached hydrogens (tertiary/aromatic N) is 1. The van der Waals surface area contributed by atoms with Gasteiger partial charge in [-0.2, -0.15) is 0 Å². The summed E-state index contributed by atoms with van der Waals surface area (Å²) < 4.78 is 13.3. The number of carbonyl (C=O) groups is 2. The average molecular weight is 446 g/mol. The van der Waals surface area contributed by atoms with E-state index >= 15 is 0 Å². The summed E-state index contributed by atoms with van der Waals surface area (Å²) in [6.07, 6.45) is 0. The highest BCUT2D eigenvalue weighted by Crippen LogP contribution is 2.26. The molecule has 1 aromatic carbocycles. The second-order valence-corrected chi connectivity index (χ2v) is 8.74. The van der Waals surface area contributed by atoms with E-state index in [4.69, 9.17) is 0 Å². The summed E-state index contributed by atoms with van der Waals surface area (Å²) in [5.74, 6) is -0.627. The molecule has 30 heavy (non-hydrogen) atoms. The minimum absolute atomic E-state index is 0.103. The number of hydrogen-bond acceptors (Lipinski definition) is 5. The van der Waals surface area contributed by atoms with E-state index in [1.54, 1.807) is 28.4 Å². The fourth-order valence-electron chi connectivity index (χ4n) is 2.98. The van der Waals surface area contributed by atoms with Crippen molar-refractivity contribution in [2.75, 3.05) is 19.6 Å². The van der Waals surface area contributed by atoms with Gasteiger partial charge in [-0.05, 0) is 47.1 Å². The van der Waals surface area contributed by atoms with Crippen molar-refractivity contribution in [3.63, 3.8) is 0 Å². The molecular weight excluding hydrogens is 421 g/mol. The van der Waals surface area contributed by atoms with Crippen LogP contribution in [0.1, 0.15) is 28.3 Å². The molecule has 1 unspecified atom stereocenters. The van der Waals surface area contributed by atoms with Gasteiger partial charge in [0.05, 0.1) is 25.7 Å². The zero-order valence-electron chi connectivity index (χ0n) is 16.6. The van der Waals surface area contributed by atoms with Gasteiger partial charge in [-0.15, -0.1) is 22.7 Å². The number of amides is 2. The van der Waals surface area contributed by atoms with Gasteiger partial charge in [-0.25, -0.2) is 4.39 Å². The van der Waals surface area contributed by atoms with Crippen LogP contribution in [0.25, 0.3) is 0 Å². The number of thiophene rings is 2. The Morgan fingerprint density at radius 2 is 1.70 bits per heavy atom. The number of nitrogens with one attached hydrogen (secondary N) is 2. The molecule has 0 spiro atoms. The van der Waals surface area contributed by atoms with Crippen LogP contribution >= 0.6 is 22.7 Å². The third-order valence-electron chi connectivity index (χ3n) is 4.56. The fraction of sp³-hybridized carbons (Fsp3) is 0.273.